The lowest BCUT2D eigenvalue weighted by Gasteiger charge is -2.34. The van der Waals surface area contributed by atoms with Gasteiger partial charge in [-0.25, -0.2) is 4.98 Å². The molecular weight excluding hydrogens is 895 g/mol. The van der Waals surface area contributed by atoms with Gasteiger partial charge in [0.05, 0.1) is 11.3 Å². The summed E-state index contributed by atoms with van der Waals surface area (Å²) in [6.07, 6.45) is 0. The van der Waals surface area contributed by atoms with Crippen LogP contribution in [0.15, 0.2) is 285 Å². The molecule has 5 nitrogen and oxygen atoms in total. The Bertz CT molecular complexity index is 3210. The van der Waals surface area contributed by atoms with E-state index in [1.807, 2.05) is 59.5 Å². The highest BCUT2D eigenvalue weighted by molar-refractivity contribution is 7.20. The van der Waals surface area contributed by atoms with Crippen molar-refractivity contribution in [3.63, 3.8) is 0 Å². The van der Waals surface area contributed by atoms with E-state index in [-0.39, 0.29) is 0 Å². The van der Waals surface area contributed by atoms with Crippen LogP contribution in [-0.2, 0) is 0 Å². The summed E-state index contributed by atoms with van der Waals surface area (Å²) in [6, 6.07) is 103. The van der Waals surface area contributed by atoms with Crippen LogP contribution in [0.25, 0.3) is 22.8 Å². The van der Waals surface area contributed by atoms with Gasteiger partial charge in [-0.15, -0.1) is 0 Å². The van der Waals surface area contributed by atoms with Gasteiger partial charge in [-0.05, 0) is 65.8 Å². The highest BCUT2D eigenvalue weighted by Crippen LogP contribution is 2.36. The number of para-hydroxylation sites is 2. The van der Waals surface area contributed by atoms with Gasteiger partial charge < -0.3 is 0 Å². The second-order valence-electron chi connectivity index (χ2n) is 17.4. The fourth-order valence-corrected chi connectivity index (χ4v) is 19.9. The maximum atomic E-state index is 10.6. The van der Waals surface area contributed by atoms with Crippen molar-refractivity contribution in [1.82, 2.24) is 15.0 Å². The molecule has 0 bridgehead atoms. The molecule has 0 spiro atoms. The largest absolute Gasteiger partial charge is 0.278 e. The van der Waals surface area contributed by atoms with Gasteiger partial charge in [0, 0.05) is 16.8 Å². The van der Waals surface area contributed by atoms with E-state index in [1.165, 1.54) is 41.5 Å². The molecule has 11 rings (SSSR count). The van der Waals surface area contributed by atoms with Crippen LogP contribution in [0.2, 0.25) is 0 Å². The minimum absolute atomic E-state index is 0.394. The molecule has 7 heteroatoms. The third-order valence-corrected chi connectivity index (χ3v) is 23.0. The molecule has 0 radical (unpaired) electrons. The second-order valence-corrected chi connectivity index (χ2v) is 25.1. The Kier molecular flexibility index (Phi) is 12.4. The third kappa shape index (κ3) is 8.27. The van der Waals surface area contributed by atoms with Crippen LogP contribution in [0.3, 0.4) is 0 Å². The van der Waals surface area contributed by atoms with E-state index >= 15 is 0 Å². The van der Waals surface area contributed by atoms with Crippen molar-refractivity contribution in [1.29, 1.82) is 5.26 Å². The minimum Gasteiger partial charge on any atom is -0.278 e. The summed E-state index contributed by atoms with van der Waals surface area (Å²) in [7, 11) is -5.87. The highest BCUT2D eigenvalue weighted by Gasteiger charge is 2.43. The Labute approximate surface area is 417 Å². The van der Waals surface area contributed by atoms with E-state index in [2.05, 4.69) is 237 Å². The number of nitriles is 1. The fourth-order valence-electron chi connectivity index (χ4n) is 10.3. The highest BCUT2D eigenvalue weighted by atomic mass is 28.3. The van der Waals surface area contributed by atoms with Crippen molar-refractivity contribution >= 4 is 75.0 Å². The first-order valence-corrected chi connectivity index (χ1v) is 27.8. The predicted molar refractivity (Wildman–Crippen MR) is 297 cm³/mol. The number of hydrogen-bond donors (Lipinski definition) is 0. The molecule has 1 heterocycles. The zero-order chi connectivity index (χ0) is 47.9. The second kappa shape index (κ2) is 19.9. The quantitative estimate of drug-likeness (QED) is 0.0853. The van der Waals surface area contributed by atoms with Gasteiger partial charge >= 0.3 is 0 Å². The summed E-state index contributed by atoms with van der Waals surface area (Å²) in [5.74, 6) is 1.43. The van der Waals surface area contributed by atoms with E-state index in [1.54, 1.807) is 0 Å². The Morgan fingerprint density at radius 3 is 0.972 bits per heavy atom. The van der Waals surface area contributed by atoms with E-state index < -0.39 is 16.1 Å². The Balaban J connectivity index is 1.19. The van der Waals surface area contributed by atoms with Crippen LogP contribution in [0.5, 0.6) is 0 Å². The number of rotatable bonds is 13. The molecule has 0 saturated carbocycles. The van der Waals surface area contributed by atoms with Crippen molar-refractivity contribution in [2.24, 2.45) is 0 Å². The van der Waals surface area contributed by atoms with Crippen molar-refractivity contribution in [3.8, 4) is 28.8 Å². The monoisotopic (exact) mass is 941 g/mol. The molecular formula is C64H47N5Si2. The summed E-state index contributed by atoms with van der Waals surface area (Å²) in [4.78, 5) is 18.3. The third-order valence-electron chi connectivity index (χ3n) is 13.5. The van der Waals surface area contributed by atoms with E-state index in [4.69, 9.17) is 15.0 Å². The zero-order valence-corrected chi connectivity index (χ0v) is 40.9. The van der Waals surface area contributed by atoms with Crippen LogP contribution >= 0.6 is 0 Å². The number of hydrogen-bond acceptors (Lipinski definition) is 5. The molecule has 1 aromatic heterocycles. The lowest BCUT2D eigenvalue weighted by Crippen LogP contribution is -2.74. The molecule has 71 heavy (non-hydrogen) atoms. The lowest BCUT2D eigenvalue weighted by atomic mass is 10.1. The van der Waals surface area contributed by atoms with Crippen molar-refractivity contribution < 1.29 is 0 Å². The molecule has 0 amide bonds. The molecule has 0 fully saturated rings. The van der Waals surface area contributed by atoms with E-state index in [9.17, 15) is 5.26 Å². The molecule has 11 aromatic rings. The Morgan fingerprint density at radius 1 is 0.310 bits per heavy atom. The summed E-state index contributed by atoms with van der Waals surface area (Å²) >= 11 is 0. The SMILES string of the molecule is N#Cc1ccccc1N(c1ccccc1)c1nc(-c2cccc([Si](c3ccccc3)(c3ccccc3)c3ccccc3)c2)nc(-c2cccc([Si](c3ccccc3)(c3ccccc3)c3ccccc3)c2)n1. The van der Waals surface area contributed by atoms with Gasteiger partial charge in [-0.1, -0.05) is 261 Å². The molecule has 336 valence electrons. The normalized spacial score (nSPS) is 11.4. The van der Waals surface area contributed by atoms with Crippen LogP contribution in [0, 0.1) is 11.3 Å². The first kappa shape index (κ1) is 44.4. The number of benzene rings is 10. The van der Waals surface area contributed by atoms with Crippen LogP contribution < -0.4 is 46.4 Å². The predicted octanol–water partition coefficient (Wildman–Crippen LogP) is 9.30. The van der Waals surface area contributed by atoms with Gasteiger partial charge in [0.25, 0.3) is 0 Å². The maximum Gasteiger partial charge on any atom is 0.238 e. The van der Waals surface area contributed by atoms with Crippen LogP contribution in [0.4, 0.5) is 17.3 Å². The molecule has 0 atom stereocenters. The summed E-state index contributed by atoms with van der Waals surface area (Å²) in [5, 5.41) is 20.6. The molecule has 0 aliphatic rings. The van der Waals surface area contributed by atoms with Gasteiger partial charge in [-0.3, -0.25) is 4.90 Å². The molecule has 0 unspecified atom stereocenters. The van der Waals surface area contributed by atoms with Crippen molar-refractivity contribution in [2.75, 3.05) is 4.90 Å². The summed E-state index contributed by atoms with van der Waals surface area (Å²) < 4.78 is 0. The number of anilines is 3. The first-order valence-electron chi connectivity index (χ1n) is 23.8. The topological polar surface area (TPSA) is 65.7 Å². The Morgan fingerprint density at radius 2 is 0.620 bits per heavy atom. The Hall–Kier alpha value is -9.07. The lowest BCUT2D eigenvalue weighted by molar-refractivity contribution is 1.02. The molecule has 0 saturated heterocycles. The van der Waals surface area contributed by atoms with E-state index in [0.29, 0.717) is 28.8 Å². The summed E-state index contributed by atoms with van der Waals surface area (Å²) in [6.45, 7) is 0. The van der Waals surface area contributed by atoms with Crippen molar-refractivity contribution in [3.05, 3.63) is 291 Å². The smallest absolute Gasteiger partial charge is 0.238 e. The minimum atomic E-state index is -2.93. The zero-order valence-electron chi connectivity index (χ0n) is 38.9. The summed E-state index contributed by atoms with van der Waals surface area (Å²) in [5.41, 5.74) is 3.68. The van der Waals surface area contributed by atoms with Crippen molar-refractivity contribution in [2.45, 2.75) is 0 Å². The molecule has 0 N–H and O–H groups in total. The fraction of sp³-hybridized carbons (Fsp3) is 0. The van der Waals surface area contributed by atoms with Gasteiger partial charge in [0.2, 0.25) is 5.95 Å². The molecule has 0 aliphatic carbocycles. The van der Waals surface area contributed by atoms with E-state index in [0.717, 1.165) is 16.8 Å². The van der Waals surface area contributed by atoms with Gasteiger partial charge in [-0.2, -0.15) is 15.2 Å². The number of aromatic nitrogens is 3. The van der Waals surface area contributed by atoms with Gasteiger partial charge in [0.1, 0.15) is 6.07 Å². The average Bonchev–Trinajstić information content (AvgIpc) is 3.46. The van der Waals surface area contributed by atoms with Gasteiger partial charge in [0.15, 0.2) is 27.8 Å². The average molecular weight is 942 g/mol. The standard InChI is InChI=1S/C64H47N5Si2/c65-48-51-26-22-23-45-61(51)69(52-29-8-1-9-30-52)64-67-62(49-27-24-43-59(46-49)70(53-31-10-2-11-32-53,54-33-12-3-13-34-54)55-35-14-4-15-36-55)66-63(68-64)50-28-25-44-60(47-50)71(56-37-16-5-17-38-56,57-39-18-6-19-40-57)58-41-20-7-21-42-58/h1-47H. The van der Waals surface area contributed by atoms with Crippen LogP contribution in [0.1, 0.15) is 5.56 Å². The van der Waals surface area contributed by atoms with Crippen LogP contribution in [-0.4, -0.2) is 31.1 Å². The number of nitrogens with zero attached hydrogens (tertiary/aromatic N) is 5. The first-order chi connectivity index (χ1) is 35.2. The molecule has 10 aromatic carbocycles. The maximum absolute atomic E-state index is 10.6. The molecule has 0 aliphatic heterocycles.